The van der Waals surface area contributed by atoms with Crippen molar-refractivity contribution in [2.75, 3.05) is 0 Å². The summed E-state index contributed by atoms with van der Waals surface area (Å²) in [6.07, 6.45) is 0.884. The zero-order valence-corrected chi connectivity index (χ0v) is 4.62. The fraction of sp³-hybridized carbons (Fsp3) is 0.500. The molecule has 0 rings (SSSR count). The molecule has 0 N–H and O–H groups in total. The molecule has 0 spiro atoms. The minimum atomic E-state index is 0.884. The zero-order valence-electron chi connectivity index (χ0n) is 4.62. The highest BCUT2D eigenvalue weighted by atomic mass is 16.1. The molecule has 7 heavy (non-hydrogen) atoms. The van der Waals surface area contributed by atoms with E-state index < -0.39 is 0 Å². The van der Waals surface area contributed by atoms with Crippen molar-refractivity contribution in [3.05, 3.63) is 11.3 Å². The fourth-order valence-corrected chi connectivity index (χ4v) is 0.176. The van der Waals surface area contributed by atoms with Crippen molar-refractivity contribution >= 4 is 5.94 Å². The summed E-state index contributed by atoms with van der Waals surface area (Å²) in [5.41, 5.74) is 3.36. The van der Waals surface area contributed by atoms with Crippen molar-refractivity contribution in [3.8, 4) is 0 Å². The second-order valence-electron chi connectivity index (χ2n) is 1.36. The molecule has 1 heteroatoms. The van der Waals surface area contributed by atoms with Gasteiger partial charge in [-0.1, -0.05) is 6.92 Å². The van der Waals surface area contributed by atoms with Gasteiger partial charge in [0.25, 0.3) is 0 Å². The van der Waals surface area contributed by atoms with Crippen LogP contribution in [0.15, 0.2) is 11.3 Å². The molecular formula is C6H8O. The molecule has 0 aliphatic heterocycles. The summed E-state index contributed by atoms with van der Waals surface area (Å²) in [5.74, 6) is 1.58. The van der Waals surface area contributed by atoms with Crippen molar-refractivity contribution < 1.29 is 4.79 Å². The average molecular weight is 96.1 g/mol. The van der Waals surface area contributed by atoms with Gasteiger partial charge >= 0.3 is 0 Å². The summed E-state index contributed by atoms with van der Waals surface area (Å²) in [6, 6.07) is 0. The molecule has 1 nitrogen and oxygen atoms in total. The average Bonchev–Trinajstić information content (AvgIpc) is 1.68. The van der Waals surface area contributed by atoms with Crippen LogP contribution in [-0.4, -0.2) is 5.94 Å². The summed E-state index contributed by atoms with van der Waals surface area (Å²) in [7, 11) is 0. The van der Waals surface area contributed by atoms with Crippen LogP contribution in [0.4, 0.5) is 0 Å². The summed E-state index contributed by atoms with van der Waals surface area (Å²) in [4.78, 5) is 9.52. The highest BCUT2D eigenvalue weighted by Crippen LogP contribution is 1.90. The van der Waals surface area contributed by atoms with Gasteiger partial charge < -0.3 is 0 Å². The maximum Gasteiger partial charge on any atom is 0.177 e. The van der Waals surface area contributed by atoms with E-state index in [-0.39, 0.29) is 0 Å². The molecule has 0 atom stereocenters. The lowest BCUT2D eigenvalue weighted by Crippen LogP contribution is -1.63. The predicted octanol–water partition coefficient (Wildman–Crippen LogP) is 1.33. The van der Waals surface area contributed by atoms with Crippen molar-refractivity contribution in [3.63, 3.8) is 0 Å². The third-order valence-electron chi connectivity index (χ3n) is 0.795. The Morgan fingerprint density at radius 2 is 2.29 bits per heavy atom. The lowest BCUT2D eigenvalue weighted by Gasteiger charge is -1.78. The van der Waals surface area contributed by atoms with Crippen LogP contribution >= 0.6 is 0 Å². The van der Waals surface area contributed by atoms with Gasteiger partial charge in [0.2, 0.25) is 0 Å². The van der Waals surface area contributed by atoms with Crippen LogP contribution in [0.5, 0.6) is 0 Å². The molecule has 0 unspecified atom stereocenters. The van der Waals surface area contributed by atoms with Crippen molar-refractivity contribution in [1.82, 2.24) is 0 Å². The first-order valence-corrected chi connectivity index (χ1v) is 2.26. The third kappa shape index (κ3) is 3.05. The monoisotopic (exact) mass is 96.1 g/mol. The minimum absolute atomic E-state index is 0.884. The number of rotatable bonds is 1. The van der Waals surface area contributed by atoms with Crippen LogP contribution in [0.3, 0.4) is 0 Å². The number of hydrogen-bond donors (Lipinski definition) is 0. The molecular weight excluding hydrogens is 88.1 g/mol. The third-order valence-corrected chi connectivity index (χ3v) is 0.795. The Kier molecular flexibility index (Phi) is 3.04. The fourth-order valence-electron chi connectivity index (χ4n) is 0.176. The number of allylic oxidation sites excluding steroid dienone is 1. The highest BCUT2D eigenvalue weighted by Gasteiger charge is 1.74. The van der Waals surface area contributed by atoms with Crippen molar-refractivity contribution in [2.24, 2.45) is 0 Å². The molecule has 0 aromatic rings. The van der Waals surface area contributed by atoms with Gasteiger partial charge in [0.1, 0.15) is 0 Å². The molecule has 0 fully saturated rings. The van der Waals surface area contributed by atoms with Gasteiger partial charge in [-0.25, -0.2) is 4.79 Å². The van der Waals surface area contributed by atoms with E-state index in [1.165, 1.54) is 0 Å². The summed E-state index contributed by atoms with van der Waals surface area (Å²) < 4.78 is 0. The van der Waals surface area contributed by atoms with Crippen LogP contribution in [0.25, 0.3) is 0 Å². The molecule has 0 bridgehead atoms. The first-order chi connectivity index (χ1) is 3.31. The molecule has 38 valence electrons. The van der Waals surface area contributed by atoms with Crippen molar-refractivity contribution in [2.45, 2.75) is 20.3 Å². The number of carbonyl (C=O) groups excluding carboxylic acids is 1. The van der Waals surface area contributed by atoms with E-state index in [9.17, 15) is 4.79 Å². The molecule has 0 aromatic heterocycles. The summed E-state index contributed by atoms with van der Waals surface area (Å²) in [6.45, 7) is 3.82. The Morgan fingerprint density at radius 3 is 2.43 bits per heavy atom. The normalized spacial score (nSPS) is 6.57. The minimum Gasteiger partial charge on any atom is -0.224 e. The first kappa shape index (κ1) is 6.23. The Bertz CT molecular complexity index is 123. The quantitative estimate of drug-likeness (QED) is 0.355. The SMILES string of the molecule is CCC(C)=C=C=O. The van der Waals surface area contributed by atoms with E-state index in [4.69, 9.17) is 0 Å². The number of hydrogen-bond acceptors (Lipinski definition) is 1. The maximum atomic E-state index is 9.52. The Hall–Kier alpha value is -0.770. The van der Waals surface area contributed by atoms with Gasteiger partial charge in [0.05, 0.1) is 0 Å². The predicted molar refractivity (Wildman–Crippen MR) is 28.7 cm³/mol. The Balaban J connectivity index is 4.01. The van der Waals surface area contributed by atoms with E-state index in [1.54, 1.807) is 5.94 Å². The van der Waals surface area contributed by atoms with Gasteiger partial charge in [-0.05, 0) is 24.6 Å². The van der Waals surface area contributed by atoms with Crippen LogP contribution in [-0.2, 0) is 4.79 Å². The van der Waals surface area contributed by atoms with Gasteiger partial charge in [-0.2, -0.15) is 0 Å². The standard InChI is InChI=1S/C6H8O/c1-3-6(2)4-5-7/h3H2,1-2H3. The largest absolute Gasteiger partial charge is 0.224 e. The molecule has 0 amide bonds. The van der Waals surface area contributed by atoms with Gasteiger partial charge in [0.15, 0.2) is 5.94 Å². The van der Waals surface area contributed by atoms with Crippen LogP contribution < -0.4 is 0 Å². The van der Waals surface area contributed by atoms with Crippen LogP contribution in [0, 0.1) is 0 Å². The molecule has 0 saturated heterocycles. The summed E-state index contributed by atoms with van der Waals surface area (Å²) in [5, 5.41) is 0. The van der Waals surface area contributed by atoms with Crippen LogP contribution in [0.1, 0.15) is 20.3 Å². The zero-order chi connectivity index (χ0) is 5.70. The Labute approximate surface area is 43.3 Å². The van der Waals surface area contributed by atoms with Gasteiger partial charge in [-0.15, -0.1) is 0 Å². The highest BCUT2D eigenvalue weighted by molar-refractivity contribution is 5.44. The van der Waals surface area contributed by atoms with E-state index in [0.717, 1.165) is 12.0 Å². The Morgan fingerprint density at radius 1 is 1.71 bits per heavy atom. The second kappa shape index (κ2) is 3.42. The van der Waals surface area contributed by atoms with E-state index in [2.05, 4.69) is 5.73 Å². The lowest BCUT2D eigenvalue weighted by atomic mass is 10.3. The second-order valence-corrected chi connectivity index (χ2v) is 1.36. The van der Waals surface area contributed by atoms with E-state index >= 15 is 0 Å². The van der Waals surface area contributed by atoms with E-state index in [1.807, 2.05) is 13.8 Å². The maximum absolute atomic E-state index is 9.52. The molecule has 0 aliphatic rings. The van der Waals surface area contributed by atoms with E-state index in [0.29, 0.717) is 0 Å². The smallest absolute Gasteiger partial charge is 0.177 e. The molecule has 0 radical (unpaired) electrons. The lowest BCUT2D eigenvalue weighted by molar-refractivity contribution is 0.569. The topological polar surface area (TPSA) is 17.1 Å². The molecule has 0 saturated carbocycles. The molecule has 0 heterocycles. The molecule has 0 aliphatic carbocycles. The van der Waals surface area contributed by atoms with Crippen molar-refractivity contribution in [1.29, 1.82) is 0 Å². The summed E-state index contributed by atoms with van der Waals surface area (Å²) >= 11 is 0. The first-order valence-electron chi connectivity index (χ1n) is 2.26. The van der Waals surface area contributed by atoms with Gasteiger partial charge in [-0.3, -0.25) is 0 Å². The molecule has 0 aromatic carbocycles. The van der Waals surface area contributed by atoms with Gasteiger partial charge in [0, 0.05) is 0 Å². The van der Waals surface area contributed by atoms with Crippen LogP contribution in [0.2, 0.25) is 0 Å².